The Balaban J connectivity index is 1.98. The third-order valence-electron chi connectivity index (χ3n) is 3.73. The highest BCUT2D eigenvalue weighted by molar-refractivity contribution is 5.93. The Morgan fingerprint density at radius 2 is 2.15 bits per heavy atom. The Morgan fingerprint density at radius 3 is 2.70 bits per heavy atom. The Kier molecular flexibility index (Phi) is 4.61. The number of anilines is 1. The summed E-state index contributed by atoms with van der Waals surface area (Å²) in [5.41, 5.74) is 0.687. The average Bonchev–Trinajstić information content (AvgIpc) is 2.37. The highest BCUT2D eigenvalue weighted by atomic mass is 16.4. The average molecular weight is 276 g/mol. The fourth-order valence-corrected chi connectivity index (χ4v) is 2.28. The lowest BCUT2D eigenvalue weighted by molar-refractivity contribution is 0.0697. The number of hydrogen-bond acceptors (Lipinski definition) is 2. The van der Waals surface area contributed by atoms with E-state index in [0.717, 1.165) is 6.54 Å². The molecule has 1 saturated carbocycles. The molecule has 1 aromatic carbocycles. The number of amides is 2. The molecular weight excluding hydrogens is 256 g/mol. The molecule has 1 aliphatic rings. The number of carbonyl (C=O) groups excluding carboxylic acids is 1. The second kappa shape index (κ2) is 6.41. The van der Waals surface area contributed by atoms with Gasteiger partial charge in [-0.2, -0.15) is 0 Å². The van der Waals surface area contributed by atoms with Crippen molar-refractivity contribution in [3.05, 3.63) is 29.8 Å². The minimum absolute atomic E-state index is 0.165. The van der Waals surface area contributed by atoms with Crippen LogP contribution < -0.4 is 5.32 Å². The van der Waals surface area contributed by atoms with Crippen LogP contribution in [0.1, 0.15) is 36.5 Å². The largest absolute Gasteiger partial charge is 0.478 e. The molecule has 0 spiro atoms. The van der Waals surface area contributed by atoms with E-state index in [1.807, 2.05) is 6.92 Å². The molecule has 0 saturated heterocycles. The molecule has 0 radical (unpaired) electrons. The number of nitrogens with zero attached hydrogens (tertiary/aromatic N) is 1. The number of urea groups is 1. The summed E-state index contributed by atoms with van der Waals surface area (Å²) >= 11 is 0. The molecule has 2 N–H and O–H groups in total. The molecule has 0 aromatic heterocycles. The van der Waals surface area contributed by atoms with Crippen molar-refractivity contribution >= 4 is 17.7 Å². The van der Waals surface area contributed by atoms with E-state index in [1.165, 1.54) is 31.4 Å². The quantitative estimate of drug-likeness (QED) is 0.868. The SMILES string of the molecule is CCN(CC1CCC1)C(=O)Nc1cccc(C(=O)O)c1. The van der Waals surface area contributed by atoms with Gasteiger partial charge in [-0.05, 0) is 43.9 Å². The lowest BCUT2D eigenvalue weighted by atomic mass is 9.85. The first kappa shape index (κ1) is 14.4. The summed E-state index contributed by atoms with van der Waals surface area (Å²) in [5, 5.41) is 11.7. The van der Waals surface area contributed by atoms with Crippen LogP contribution in [-0.4, -0.2) is 35.1 Å². The molecule has 0 unspecified atom stereocenters. The first-order chi connectivity index (χ1) is 9.60. The van der Waals surface area contributed by atoms with Crippen molar-refractivity contribution in [1.82, 2.24) is 4.90 Å². The summed E-state index contributed by atoms with van der Waals surface area (Å²) in [6, 6.07) is 6.13. The van der Waals surface area contributed by atoms with Gasteiger partial charge in [0, 0.05) is 18.8 Å². The molecule has 0 bridgehead atoms. The van der Waals surface area contributed by atoms with Gasteiger partial charge in [0.25, 0.3) is 0 Å². The zero-order chi connectivity index (χ0) is 14.5. The van der Waals surface area contributed by atoms with Gasteiger partial charge in [0.15, 0.2) is 0 Å². The molecular formula is C15H20N2O3. The van der Waals surface area contributed by atoms with Crippen LogP contribution in [0.15, 0.2) is 24.3 Å². The van der Waals surface area contributed by atoms with Gasteiger partial charge in [-0.3, -0.25) is 0 Å². The number of carboxylic acids is 1. The number of nitrogens with one attached hydrogen (secondary N) is 1. The maximum Gasteiger partial charge on any atom is 0.335 e. The Morgan fingerprint density at radius 1 is 1.40 bits per heavy atom. The first-order valence-corrected chi connectivity index (χ1v) is 6.99. The molecule has 0 atom stereocenters. The molecule has 0 heterocycles. The molecule has 108 valence electrons. The molecule has 1 aliphatic carbocycles. The topological polar surface area (TPSA) is 69.6 Å². The van der Waals surface area contributed by atoms with Crippen molar-refractivity contribution in [2.75, 3.05) is 18.4 Å². The molecule has 1 aromatic rings. The predicted octanol–water partition coefficient (Wildman–Crippen LogP) is 3.04. The van der Waals surface area contributed by atoms with Crippen LogP contribution in [-0.2, 0) is 0 Å². The monoisotopic (exact) mass is 276 g/mol. The minimum Gasteiger partial charge on any atom is -0.478 e. The van der Waals surface area contributed by atoms with Crippen molar-refractivity contribution < 1.29 is 14.7 Å². The summed E-state index contributed by atoms with van der Waals surface area (Å²) < 4.78 is 0. The van der Waals surface area contributed by atoms with Gasteiger partial charge < -0.3 is 15.3 Å². The van der Waals surface area contributed by atoms with Crippen LogP contribution in [0.3, 0.4) is 0 Å². The van der Waals surface area contributed by atoms with E-state index in [4.69, 9.17) is 5.11 Å². The molecule has 5 nitrogen and oxygen atoms in total. The van der Waals surface area contributed by atoms with Crippen LogP contribution in [0.2, 0.25) is 0 Å². The van der Waals surface area contributed by atoms with Crippen molar-refractivity contribution in [2.24, 2.45) is 5.92 Å². The number of hydrogen-bond donors (Lipinski definition) is 2. The van der Waals surface area contributed by atoms with E-state index < -0.39 is 5.97 Å². The Hall–Kier alpha value is -2.04. The summed E-state index contributed by atoms with van der Waals surface area (Å²) in [5.74, 6) is -0.381. The van der Waals surface area contributed by atoms with Crippen molar-refractivity contribution in [3.8, 4) is 0 Å². The van der Waals surface area contributed by atoms with Gasteiger partial charge in [-0.1, -0.05) is 12.5 Å². The van der Waals surface area contributed by atoms with E-state index in [2.05, 4.69) is 5.32 Å². The highest BCUT2D eigenvalue weighted by Crippen LogP contribution is 2.27. The highest BCUT2D eigenvalue weighted by Gasteiger charge is 2.22. The first-order valence-electron chi connectivity index (χ1n) is 6.99. The van der Waals surface area contributed by atoms with Gasteiger partial charge in [0.05, 0.1) is 5.56 Å². The Bertz CT molecular complexity index is 498. The fraction of sp³-hybridized carbons (Fsp3) is 0.467. The van der Waals surface area contributed by atoms with Gasteiger partial charge >= 0.3 is 12.0 Å². The number of rotatable bonds is 5. The maximum absolute atomic E-state index is 12.2. The molecule has 2 rings (SSSR count). The van der Waals surface area contributed by atoms with E-state index >= 15 is 0 Å². The second-order valence-electron chi connectivity index (χ2n) is 5.15. The number of carboxylic acid groups (broad SMARTS) is 1. The van der Waals surface area contributed by atoms with E-state index in [9.17, 15) is 9.59 Å². The smallest absolute Gasteiger partial charge is 0.335 e. The summed E-state index contributed by atoms with van der Waals surface area (Å²) in [6.45, 7) is 3.38. The molecule has 0 aliphatic heterocycles. The number of benzene rings is 1. The maximum atomic E-state index is 12.2. The molecule has 2 amide bonds. The minimum atomic E-state index is -0.997. The van der Waals surface area contributed by atoms with Gasteiger partial charge in [-0.25, -0.2) is 9.59 Å². The fourth-order valence-electron chi connectivity index (χ4n) is 2.28. The zero-order valence-electron chi connectivity index (χ0n) is 11.6. The van der Waals surface area contributed by atoms with Crippen molar-refractivity contribution in [2.45, 2.75) is 26.2 Å². The van der Waals surface area contributed by atoms with Gasteiger partial charge in [-0.15, -0.1) is 0 Å². The zero-order valence-corrected chi connectivity index (χ0v) is 11.6. The standard InChI is InChI=1S/C15H20N2O3/c1-2-17(10-11-5-3-6-11)15(20)16-13-8-4-7-12(9-13)14(18)19/h4,7-9,11H,2-3,5-6,10H2,1H3,(H,16,20)(H,18,19). The van der Waals surface area contributed by atoms with Gasteiger partial charge in [0.2, 0.25) is 0 Å². The van der Waals surface area contributed by atoms with Crippen LogP contribution in [0, 0.1) is 5.92 Å². The number of carbonyl (C=O) groups is 2. The summed E-state index contributed by atoms with van der Waals surface area (Å²) in [7, 11) is 0. The lowest BCUT2D eigenvalue weighted by Crippen LogP contribution is -2.39. The second-order valence-corrected chi connectivity index (χ2v) is 5.15. The molecule has 1 fully saturated rings. The van der Waals surface area contributed by atoms with Crippen LogP contribution >= 0.6 is 0 Å². The molecule has 20 heavy (non-hydrogen) atoms. The summed E-state index contributed by atoms with van der Waals surface area (Å²) in [4.78, 5) is 24.8. The van der Waals surface area contributed by atoms with E-state index in [0.29, 0.717) is 18.2 Å². The van der Waals surface area contributed by atoms with E-state index in [-0.39, 0.29) is 11.6 Å². The number of aromatic carboxylic acids is 1. The third-order valence-corrected chi connectivity index (χ3v) is 3.73. The normalized spacial score (nSPS) is 14.4. The van der Waals surface area contributed by atoms with Gasteiger partial charge in [0.1, 0.15) is 0 Å². The van der Waals surface area contributed by atoms with Crippen molar-refractivity contribution in [3.63, 3.8) is 0 Å². The summed E-state index contributed by atoms with van der Waals surface area (Å²) in [6.07, 6.45) is 3.64. The Labute approximate surface area is 118 Å². The van der Waals surface area contributed by atoms with Crippen LogP contribution in [0.5, 0.6) is 0 Å². The predicted molar refractivity (Wildman–Crippen MR) is 77.0 cm³/mol. The van der Waals surface area contributed by atoms with E-state index in [1.54, 1.807) is 17.0 Å². The lowest BCUT2D eigenvalue weighted by Gasteiger charge is -2.31. The van der Waals surface area contributed by atoms with Crippen molar-refractivity contribution in [1.29, 1.82) is 0 Å². The molecule has 5 heteroatoms. The van der Waals surface area contributed by atoms with Crippen LogP contribution in [0.4, 0.5) is 10.5 Å². The third kappa shape index (κ3) is 3.50. The van der Waals surface area contributed by atoms with Crippen LogP contribution in [0.25, 0.3) is 0 Å².